The third-order valence-electron chi connectivity index (χ3n) is 5.78. The molecular weight excluding hydrogens is 402 g/mol. The number of nitrogens with one attached hydrogen (secondary N) is 1. The van der Waals surface area contributed by atoms with Crippen LogP contribution in [0.4, 0.5) is 0 Å². The van der Waals surface area contributed by atoms with Crippen LogP contribution in [-0.2, 0) is 0 Å². The molecule has 2 atom stereocenters. The van der Waals surface area contributed by atoms with E-state index in [1.165, 1.54) is 11.3 Å². The van der Waals surface area contributed by atoms with Crippen molar-refractivity contribution in [2.75, 3.05) is 13.1 Å². The topological polar surface area (TPSA) is 45.2 Å². The minimum absolute atomic E-state index is 0. The van der Waals surface area contributed by atoms with E-state index in [1.54, 1.807) is 0 Å². The summed E-state index contributed by atoms with van der Waals surface area (Å²) in [5.74, 6) is 0.148. The molecule has 3 aromatic rings. The molecule has 29 heavy (non-hydrogen) atoms. The number of halogens is 1. The molecular formula is C23H24ClN3OS. The second-order valence-electron chi connectivity index (χ2n) is 7.52. The van der Waals surface area contributed by atoms with Crippen LogP contribution in [0.3, 0.4) is 0 Å². The molecule has 4 nitrogen and oxygen atoms in total. The summed E-state index contributed by atoms with van der Waals surface area (Å²) < 4.78 is 0. The highest BCUT2D eigenvalue weighted by molar-refractivity contribution is 7.17. The van der Waals surface area contributed by atoms with Gasteiger partial charge in [-0.2, -0.15) is 0 Å². The van der Waals surface area contributed by atoms with Gasteiger partial charge < -0.3 is 10.2 Å². The maximum atomic E-state index is 13.7. The molecule has 2 saturated heterocycles. The molecule has 0 spiro atoms. The molecule has 1 N–H and O–H groups in total. The van der Waals surface area contributed by atoms with Crippen LogP contribution in [0.1, 0.15) is 28.9 Å². The Bertz CT molecular complexity index is 962. The van der Waals surface area contributed by atoms with Gasteiger partial charge in [0.2, 0.25) is 0 Å². The summed E-state index contributed by atoms with van der Waals surface area (Å²) in [5.41, 5.74) is 2.87. The average Bonchev–Trinajstić information content (AvgIpc) is 3.29. The lowest BCUT2D eigenvalue weighted by Gasteiger charge is -2.27. The lowest BCUT2D eigenvalue weighted by molar-refractivity contribution is 0.0686. The number of carbonyl (C=O) groups excluding carboxylic acids is 1. The van der Waals surface area contributed by atoms with E-state index in [0.29, 0.717) is 12.1 Å². The van der Waals surface area contributed by atoms with Gasteiger partial charge in [0.05, 0.1) is 5.69 Å². The number of carbonyl (C=O) groups is 1. The van der Waals surface area contributed by atoms with Crippen molar-refractivity contribution < 1.29 is 4.79 Å². The summed E-state index contributed by atoms with van der Waals surface area (Å²) in [7, 11) is 0. The van der Waals surface area contributed by atoms with Crippen LogP contribution >= 0.6 is 23.7 Å². The molecule has 2 aliphatic rings. The minimum atomic E-state index is 0. The third-order valence-corrected chi connectivity index (χ3v) is 6.87. The highest BCUT2D eigenvalue weighted by Crippen LogP contribution is 2.37. The Morgan fingerprint density at radius 1 is 0.931 bits per heavy atom. The zero-order valence-corrected chi connectivity index (χ0v) is 17.7. The summed E-state index contributed by atoms with van der Waals surface area (Å²) in [6.07, 6.45) is 3.24. The first kappa shape index (κ1) is 20.1. The van der Waals surface area contributed by atoms with E-state index in [9.17, 15) is 4.79 Å². The summed E-state index contributed by atoms with van der Waals surface area (Å²) >= 11 is 1.53. The Labute approximate surface area is 181 Å². The number of benzene rings is 2. The number of rotatable bonds is 3. The number of fused-ring (bicyclic) bond motifs is 2. The fraction of sp³-hybridized carbons (Fsp3) is 0.304. The van der Waals surface area contributed by atoms with Crippen molar-refractivity contribution in [1.82, 2.24) is 15.2 Å². The van der Waals surface area contributed by atoms with Crippen LogP contribution in [0.15, 0.2) is 60.7 Å². The van der Waals surface area contributed by atoms with Crippen molar-refractivity contribution >= 4 is 29.7 Å². The predicted molar refractivity (Wildman–Crippen MR) is 121 cm³/mol. The number of aromatic nitrogens is 1. The molecule has 0 radical (unpaired) electrons. The largest absolute Gasteiger partial charge is 0.331 e. The van der Waals surface area contributed by atoms with Crippen LogP contribution in [0.5, 0.6) is 0 Å². The molecule has 1 aromatic heterocycles. The number of amides is 1. The summed E-state index contributed by atoms with van der Waals surface area (Å²) in [5, 5.41) is 4.39. The van der Waals surface area contributed by atoms with Gasteiger partial charge >= 0.3 is 0 Å². The summed E-state index contributed by atoms with van der Waals surface area (Å²) in [6, 6.07) is 20.9. The number of hydrogen-bond acceptors (Lipinski definition) is 4. The van der Waals surface area contributed by atoms with Crippen LogP contribution in [0.2, 0.25) is 0 Å². The van der Waals surface area contributed by atoms with E-state index in [1.807, 2.05) is 48.5 Å². The van der Waals surface area contributed by atoms with Crippen molar-refractivity contribution in [3.63, 3.8) is 0 Å². The molecule has 2 fully saturated rings. The molecule has 3 heterocycles. The number of nitrogens with zero attached hydrogens (tertiary/aromatic N) is 2. The molecule has 6 heteroatoms. The van der Waals surface area contributed by atoms with Crippen LogP contribution in [0.25, 0.3) is 21.8 Å². The van der Waals surface area contributed by atoms with Gasteiger partial charge in [-0.25, -0.2) is 4.98 Å². The Kier molecular flexibility index (Phi) is 5.99. The smallest absolute Gasteiger partial charge is 0.266 e. The SMILES string of the molecule is Cl.O=C(c1sc(-c2ccccc2)nc1-c1ccccc1)N1C2CCNCC1CC2. The third kappa shape index (κ3) is 3.82. The zero-order chi connectivity index (χ0) is 18.9. The Hall–Kier alpha value is -2.21. The van der Waals surface area contributed by atoms with E-state index in [2.05, 4.69) is 22.3 Å². The number of hydrogen-bond donors (Lipinski definition) is 1. The highest BCUT2D eigenvalue weighted by Gasteiger charge is 2.40. The molecule has 150 valence electrons. The molecule has 2 aliphatic heterocycles. The molecule has 1 amide bonds. The van der Waals surface area contributed by atoms with Crippen molar-refractivity contribution in [3.05, 3.63) is 65.5 Å². The van der Waals surface area contributed by atoms with Crippen molar-refractivity contribution in [1.29, 1.82) is 0 Å². The van der Waals surface area contributed by atoms with Gasteiger partial charge in [0.15, 0.2) is 0 Å². The standard InChI is InChI=1S/C23H23N3OS.ClH/c27-23(26-18-11-12-19(26)15-24-14-13-18)21-20(16-7-3-1-4-8-16)25-22(28-21)17-9-5-2-6-10-17;/h1-10,18-19,24H,11-15H2;1H. The maximum absolute atomic E-state index is 13.7. The quantitative estimate of drug-likeness (QED) is 0.651. The van der Waals surface area contributed by atoms with Gasteiger partial charge in [-0.05, 0) is 25.8 Å². The first-order chi connectivity index (χ1) is 13.8. The first-order valence-electron chi connectivity index (χ1n) is 9.96. The lowest BCUT2D eigenvalue weighted by atomic mass is 10.1. The molecule has 0 saturated carbocycles. The van der Waals surface area contributed by atoms with Crippen molar-refractivity contribution in [2.45, 2.75) is 31.3 Å². The summed E-state index contributed by atoms with van der Waals surface area (Å²) in [4.78, 5) is 21.6. The Morgan fingerprint density at radius 2 is 1.59 bits per heavy atom. The molecule has 2 aromatic carbocycles. The van der Waals surface area contributed by atoms with Crippen molar-refractivity contribution in [3.8, 4) is 21.8 Å². The molecule has 2 unspecified atom stereocenters. The van der Waals surface area contributed by atoms with Gasteiger partial charge in [0.1, 0.15) is 9.88 Å². The van der Waals surface area contributed by atoms with Gasteiger partial charge in [-0.15, -0.1) is 23.7 Å². The monoisotopic (exact) mass is 425 g/mol. The predicted octanol–water partition coefficient (Wildman–Crippen LogP) is 4.87. The van der Waals surface area contributed by atoms with Crippen molar-refractivity contribution in [2.24, 2.45) is 0 Å². The fourth-order valence-corrected chi connectivity index (χ4v) is 5.43. The maximum Gasteiger partial charge on any atom is 0.266 e. The summed E-state index contributed by atoms with van der Waals surface area (Å²) in [6.45, 7) is 1.89. The van der Waals surface area contributed by atoms with Gasteiger partial charge in [0.25, 0.3) is 5.91 Å². The average molecular weight is 426 g/mol. The molecule has 5 rings (SSSR count). The Balaban J connectivity index is 0.00000205. The van der Waals surface area contributed by atoms with E-state index >= 15 is 0 Å². The first-order valence-corrected chi connectivity index (χ1v) is 10.8. The van der Waals surface area contributed by atoms with E-state index < -0.39 is 0 Å². The van der Waals surface area contributed by atoms with E-state index in [0.717, 1.165) is 59.1 Å². The zero-order valence-electron chi connectivity index (χ0n) is 16.1. The second-order valence-corrected chi connectivity index (χ2v) is 8.52. The molecule has 2 bridgehead atoms. The molecule has 0 aliphatic carbocycles. The highest BCUT2D eigenvalue weighted by atomic mass is 35.5. The van der Waals surface area contributed by atoms with E-state index in [4.69, 9.17) is 4.98 Å². The number of thiazole rings is 1. The van der Waals surface area contributed by atoms with Crippen LogP contribution in [-0.4, -0.2) is 41.0 Å². The Morgan fingerprint density at radius 3 is 2.31 bits per heavy atom. The van der Waals surface area contributed by atoms with Gasteiger partial charge in [-0.1, -0.05) is 60.7 Å². The minimum Gasteiger partial charge on any atom is -0.331 e. The van der Waals surface area contributed by atoms with Gasteiger partial charge in [-0.3, -0.25) is 4.79 Å². The fourth-order valence-electron chi connectivity index (χ4n) is 4.39. The van der Waals surface area contributed by atoms with Crippen LogP contribution in [0, 0.1) is 0 Å². The normalized spacial score (nSPS) is 20.8. The van der Waals surface area contributed by atoms with Crippen LogP contribution < -0.4 is 5.32 Å². The van der Waals surface area contributed by atoms with Gasteiger partial charge in [0, 0.05) is 29.8 Å². The lowest BCUT2D eigenvalue weighted by Crippen LogP contribution is -2.42. The van der Waals surface area contributed by atoms with E-state index in [-0.39, 0.29) is 18.3 Å². The second kappa shape index (κ2) is 8.66.